The molecule has 0 fully saturated rings. The maximum Gasteiger partial charge on any atom is 0.0133 e. The minimum Gasteiger partial charge on any atom is -0.0584 e. The Bertz CT molecular complexity index is 252. The van der Waals surface area contributed by atoms with Gasteiger partial charge in [-0.2, -0.15) is 0 Å². The van der Waals surface area contributed by atoms with Crippen LogP contribution < -0.4 is 0 Å². The Morgan fingerprint density at radius 1 is 1.38 bits per heavy atom. The van der Waals surface area contributed by atoms with Crippen LogP contribution in [0.2, 0.25) is 0 Å². The van der Waals surface area contributed by atoms with Crippen LogP contribution in [0.5, 0.6) is 0 Å². The molecule has 38 valence electrons. The molecule has 1 aromatic rings. The quantitative estimate of drug-likeness (QED) is 0.467. The van der Waals surface area contributed by atoms with Gasteiger partial charge in [0.2, 0.25) is 0 Å². The molecule has 0 N–H and O–H groups in total. The second-order valence-electron chi connectivity index (χ2n) is 2.71. The van der Waals surface area contributed by atoms with Crippen LogP contribution in [0.15, 0.2) is 18.2 Å². The van der Waals surface area contributed by atoms with Gasteiger partial charge >= 0.3 is 0 Å². The van der Waals surface area contributed by atoms with Crippen LogP contribution in [0.3, 0.4) is 0 Å². The Balaban J connectivity index is 2.60. The molecule has 1 aromatic carbocycles. The van der Waals surface area contributed by atoms with Crippen molar-refractivity contribution in [1.29, 1.82) is 0 Å². The predicted molar refractivity (Wildman–Crippen MR) is 32.0 cm³/mol. The van der Waals surface area contributed by atoms with Crippen LogP contribution in [0.4, 0.5) is 0 Å². The summed E-state index contributed by atoms with van der Waals surface area (Å²) in [7, 11) is 0. The first-order valence-electron chi connectivity index (χ1n) is 3.08. The number of rotatable bonds is 0. The third-order valence-corrected chi connectivity index (χ3v) is 2.37. The fourth-order valence-corrected chi connectivity index (χ4v) is 1.74. The largest absolute Gasteiger partial charge is 0.0584 e. The van der Waals surface area contributed by atoms with Crippen molar-refractivity contribution in [2.75, 3.05) is 0 Å². The van der Waals surface area contributed by atoms with E-state index in [2.05, 4.69) is 18.2 Å². The van der Waals surface area contributed by atoms with Crippen molar-refractivity contribution in [3.63, 3.8) is 0 Å². The minimum absolute atomic E-state index is 0.898. The fraction of sp³-hybridized carbons (Fsp3) is 0.250. The van der Waals surface area contributed by atoms with Crippen LogP contribution in [0.25, 0.3) is 0 Å². The Morgan fingerprint density at radius 3 is 2.50 bits per heavy atom. The molecule has 5 rings (SSSR count). The smallest absolute Gasteiger partial charge is 0.0133 e. The molecular weight excluding hydrogens is 96.1 g/mol. The highest BCUT2D eigenvalue weighted by Gasteiger charge is 2.35. The lowest BCUT2D eigenvalue weighted by Crippen LogP contribution is -2.26. The highest BCUT2D eigenvalue weighted by Crippen LogP contribution is 2.48. The van der Waals surface area contributed by atoms with E-state index in [0.29, 0.717) is 0 Å². The monoisotopic (exact) mass is 102 g/mol. The summed E-state index contributed by atoms with van der Waals surface area (Å²) < 4.78 is 0. The Labute approximate surface area is 48.1 Å². The van der Waals surface area contributed by atoms with Gasteiger partial charge < -0.3 is 0 Å². The molecule has 0 aliphatic heterocycles. The lowest BCUT2D eigenvalue weighted by Gasteiger charge is -2.39. The summed E-state index contributed by atoms with van der Waals surface area (Å²) in [4.78, 5) is 0. The van der Waals surface area contributed by atoms with Gasteiger partial charge in [-0.25, -0.2) is 0 Å². The van der Waals surface area contributed by atoms with E-state index in [1.807, 2.05) is 0 Å². The van der Waals surface area contributed by atoms with Crippen LogP contribution in [0, 0.1) is 0 Å². The van der Waals surface area contributed by atoms with Crippen LogP contribution in [-0.4, -0.2) is 0 Å². The van der Waals surface area contributed by atoms with Crippen molar-refractivity contribution in [2.45, 2.75) is 12.3 Å². The lowest BCUT2D eigenvalue weighted by molar-refractivity contribution is 0.651. The second kappa shape index (κ2) is 0.732. The first-order valence-corrected chi connectivity index (χ1v) is 3.08. The maximum atomic E-state index is 2.31. The molecule has 8 heavy (non-hydrogen) atoms. The van der Waals surface area contributed by atoms with Crippen molar-refractivity contribution in [2.24, 2.45) is 0 Å². The molecule has 1 atom stereocenters. The standard InChI is InChI=1S/C8H6/c1-2-6-4-7-5(1)3-8(6)7/h1-3,7H,4H2. The molecule has 0 saturated heterocycles. The summed E-state index contributed by atoms with van der Waals surface area (Å²) in [5, 5.41) is 0. The highest BCUT2D eigenvalue weighted by atomic mass is 14.4. The van der Waals surface area contributed by atoms with Gasteiger partial charge in [0.1, 0.15) is 0 Å². The zero-order valence-electron chi connectivity index (χ0n) is 4.52. The van der Waals surface area contributed by atoms with Gasteiger partial charge in [0.15, 0.2) is 0 Å². The summed E-state index contributed by atoms with van der Waals surface area (Å²) >= 11 is 0. The van der Waals surface area contributed by atoms with Crippen molar-refractivity contribution in [1.82, 2.24) is 0 Å². The molecule has 0 spiro atoms. The first-order chi connectivity index (χ1) is 3.95. The van der Waals surface area contributed by atoms with Gasteiger partial charge in [-0.1, -0.05) is 18.2 Å². The van der Waals surface area contributed by atoms with Crippen LogP contribution in [-0.2, 0) is 6.42 Å². The Hall–Kier alpha value is -0.780. The third kappa shape index (κ3) is 0.158. The van der Waals surface area contributed by atoms with Gasteiger partial charge in [-0.3, -0.25) is 0 Å². The average molecular weight is 102 g/mol. The van der Waals surface area contributed by atoms with Gasteiger partial charge in [0.25, 0.3) is 0 Å². The molecule has 0 saturated carbocycles. The molecule has 4 aliphatic carbocycles. The number of benzene rings is 1. The highest BCUT2D eigenvalue weighted by molar-refractivity contribution is 5.57. The lowest BCUT2D eigenvalue weighted by atomic mass is 9.65. The van der Waals surface area contributed by atoms with Gasteiger partial charge in [-0.15, -0.1) is 0 Å². The van der Waals surface area contributed by atoms with E-state index < -0.39 is 0 Å². The fourth-order valence-electron chi connectivity index (χ4n) is 1.74. The van der Waals surface area contributed by atoms with Gasteiger partial charge in [0, 0.05) is 5.92 Å². The molecule has 0 radical (unpaired) electrons. The SMILES string of the molecule is c1cc2c3cc1C3C2. The molecule has 0 amide bonds. The van der Waals surface area contributed by atoms with Crippen molar-refractivity contribution < 1.29 is 0 Å². The zero-order chi connectivity index (χ0) is 5.14. The van der Waals surface area contributed by atoms with Crippen molar-refractivity contribution in [3.05, 3.63) is 34.9 Å². The molecule has 0 heterocycles. The number of hydrogen-bond donors (Lipinski definition) is 0. The summed E-state index contributed by atoms with van der Waals surface area (Å²) in [5.74, 6) is 0.898. The normalized spacial score (nSPS) is 26.2. The molecular formula is C8H6. The Morgan fingerprint density at radius 2 is 2.38 bits per heavy atom. The van der Waals surface area contributed by atoms with E-state index in [1.54, 1.807) is 16.7 Å². The van der Waals surface area contributed by atoms with E-state index in [-0.39, 0.29) is 0 Å². The van der Waals surface area contributed by atoms with Gasteiger partial charge in [-0.05, 0) is 23.1 Å². The molecule has 1 unspecified atom stereocenters. The summed E-state index contributed by atoms with van der Waals surface area (Å²) in [6, 6.07) is 6.81. The third-order valence-electron chi connectivity index (χ3n) is 2.37. The van der Waals surface area contributed by atoms with E-state index in [0.717, 1.165) is 5.92 Å². The second-order valence-corrected chi connectivity index (χ2v) is 2.71. The maximum absolute atomic E-state index is 2.31. The molecule has 0 aromatic heterocycles. The van der Waals surface area contributed by atoms with E-state index in [9.17, 15) is 0 Å². The van der Waals surface area contributed by atoms with Crippen molar-refractivity contribution in [3.8, 4) is 0 Å². The molecule has 4 bridgehead atoms. The molecule has 0 nitrogen and oxygen atoms in total. The predicted octanol–water partition coefficient (Wildman–Crippen LogP) is 1.69. The van der Waals surface area contributed by atoms with E-state index >= 15 is 0 Å². The summed E-state index contributed by atoms with van der Waals surface area (Å²) in [5.41, 5.74) is 4.78. The Kier molecular flexibility index (Phi) is 0.301. The van der Waals surface area contributed by atoms with Crippen LogP contribution in [0.1, 0.15) is 22.6 Å². The average Bonchev–Trinajstić information content (AvgIpc) is 1.84. The van der Waals surface area contributed by atoms with E-state index in [4.69, 9.17) is 0 Å². The molecule has 0 heteroatoms. The first kappa shape index (κ1) is 3.29. The number of hydrogen-bond acceptors (Lipinski definition) is 0. The summed E-state index contributed by atoms with van der Waals surface area (Å²) in [6.45, 7) is 0. The minimum atomic E-state index is 0.898. The van der Waals surface area contributed by atoms with E-state index in [1.165, 1.54) is 6.42 Å². The zero-order valence-corrected chi connectivity index (χ0v) is 4.52. The topological polar surface area (TPSA) is 0 Å². The van der Waals surface area contributed by atoms with Crippen molar-refractivity contribution >= 4 is 0 Å². The summed E-state index contributed by atoms with van der Waals surface area (Å²) in [6.07, 6.45) is 1.34. The molecule has 4 aliphatic rings. The van der Waals surface area contributed by atoms with Gasteiger partial charge in [0.05, 0.1) is 0 Å². The van der Waals surface area contributed by atoms with Crippen LogP contribution >= 0.6 is 0 Å².